The number of amides is 1. The molecule has 16 heavy (non-hydrogen) atoms. The van der Waals surface area contributed by atoms with Crippen molar-refractivity contribution in [1.29, 1.82) is 0 Å². The number of benzene rings is 1. The Morgan fingerprint density at radius 3 is 2.62 bits per heavy atom. The largest absolute Gasteiger partial charge is 0.341 e. The minimum atomic E-state index is -0.491. The van der Waals surface area contributed by atoms with Crippen molar-refractivity contribution < 1.29 is 9.18 Å². The van der Waals surface area contributed by atoms with Crippen molar-refractivity contribution in [3.8, 4) is 0 Å². The van der Waals surface area contributed by atoms with E-state index in [2.05, 4.69) is 15.9 Å². The van der Waals surface area contributed by atoms with E-state index in [9.17, 15) is 9.18 Å². The fourth-order valence-electron chi connectivity index (χ4n) is 1.50. The molecule has 0 unspecified atom stereocenters. The molecule has 0 N–H and O–H groups in total. The molecule has 1 rings (SSSR count). The van der Waals surface area contributed by atoms with Crippen LogP contribution in [0.4, 0.5) is 4.39 Å². The zero-order valence-corrected chi connectivity index (χ0v) is 11.2. The number of hydrogen-bond donors (Lipinski definition) is 0. The van der Waals surface area contributed by atoms with Crippen LogP contribution in [0.2, 0.25) is 0 Å². The topological polar surface area (TPSA) is 20.3 Å². The van der Waals surface area contributed by atoms with Gasteiger partial charge in [-0.15, -0.1) is 0 Å². The zero-order valence-electron chi connectivity index (χ0n) is 9.63. The van der Waals surface area contributed by atoms with Gasteiger partial charge in [0.25, 0.3) is 5.91 Å². The first-order valence-corrected chi connectivity index (χ1v) is 5.91. The maximum atomic E-state index is 13.5. The third-order valence-corrected chi connectivity index (χ3v) is 2.64. The minimum absolute atomic E-state index is 0.117. The molecule has 0 saturated heterocycles. The highest BCUT2D eigenvalue weighted by Gasteiger charge is 2.16. The van der Waals surface area contributed by atoms with Crippen LogP contribution in [0.1, 0.15) is 24.2 Å². The van der Waals surface area contributed by atoms with Crippen molar-refractivity contribution in [3.63, 3.8) is 0 Å². The first kappa shape index (κ1) is 13.2. The summed E-state index contributed by atoms with van der Waals surface area (Å²) in [6.45, 7) is 4.65. The molecule has 0 heterocycles. The molecule has 4 heteroatoms. The van der Waals surface area contributed by atoms with Crippen molar-refractivity contribution in [3.05, 3.63) is 34.1 Å². The lowest BCUT2D eigenvalue weighted by Crippen LogP contribution is -2.30. The lowest BCUT2D eigenvalue weighted by Gasteiger charge is -2.19. The maximum absolute atomic E-state index is 13.5. The maximum Gasteiger partial charge on any atom is 0.256 e. The number of carbonyl (C=O) groups excluding carboxylic acids is 1. The molecule has 0 saturated carbocycles. The second-order valence-electron chi connectivity index (χ2n) is 4.20. The first-order valence-electron chi connectivity index (χ1n) is 5.12. The summed E-state index contributed by atoms with van der Waals surface area (Å²) in [4.78, 5) is 13.4. The summed E-state index contributed by atoms with van der Waals surface area (Å²) >= 11 is 3.16. The Bertz CT molecular complexity index is 393. The Morgan fingerprint density at radius 2 is 2.12 bits per heavy atom. The number of hydrogen-bond acceptors (Lipinski definition) is 1. The van der Waals surface area contributed by atoms with Gasteiger partial charge in [0, 0.05) is 18.1 Å². The van der Waals surface area contributed by atoms with Crippen LogP contribution in [0.3, 0.4) is 0 Å². The molecule has 2 nitrogen and oxygen atoms in total. The molecule has 0 atom stereocenters. The zero-order chi connectivity index (χ0) is 12.3. The standard InChI is InChI=1S/C12H15BrFNO/c1-8(2)7-15(3)12(16)10-5-4-9(13)6-11(10)14/h4-6,8H,7H2,1-3H3. The predicted molar refractivity (Wildman–Crippen MR) is 65.9 cm³/mol. The third kappa shape index (κ3) is 3.30. The molecule has 0 aliphatic carbocycles. The molecule has 1 aromatic rings. The van der Waals surface area contributed by atoms with E-state index in [0.717, 1.165) is 0 Å². The van der Waals surface area contributed by atoms with Crippen molar-refractivity contribution in [2.75, 3.05) is 13.6 Å². The summed E-state index contributed by atoms with van der Waals surface area (Å²) in [5, 5.41) is 0. The van der Waals surface area contributed by atoms with Crippen molar-refractivity contribution in [2.24, 2.45) is 5.92 Å². The molecule has 0 aliphatic heterocycles. The van der Waals surface area contributed by atoms with E-state index in [0.29, 0.717) is 16.9 Å². The van der Waals surface area contributed by atoms with Gasteiger partial charge in [0.2, 0.25) is 0 Å². The van der Waals surface area contributed by atoms with Crippen LogP contribution in [0.25, 0.3) is 0 Å². The Labute approximate surface area is 104 Å². The van der Waals surface area contributed by atoms with E-state index in [1.54, 1.807) is 13.1 Å². The fraction of sp³-hybridized carbons (Fsp3) is 0.417. The molecule has 0 aliphatic rings. The monoisotopic (exact) mass is 287 g/mol. The van der Waals surface area contributed by atoms with Crippen molar-refractivity contribution in [2.45, 2.75) is 13.8 Å². The summed E-state index contributed by atoms with van der Waals surface area (Å²) in [6, 6.07) is 4.47. The van der Waals surface area contributed by atoms with E-state index < -0.39 is 5.82 Å². The average Bonchev–Trinajstić information content (AvgIpc) is 2.15. The van der Waals surface area contributed by atoms with Crippen LogP contribution >= 0.6 is 15.9 Å². The van der Waals surface area contributed by atoms with Crippen LogP contribution in [-0.4, -0.2) is 24.4 Å². The second-order valence-corrected chi connectivity index (χ2v) is 5.12. The van der Waals surface area contributed by atoms with Gasteiger partial charge in [-0.05, 0) is 24.1 Å². The van der Waals surface area contributed by atoms with Crippen LogP contribution in [0.15, 0.2) is 22.7 Å². The van der Waals surface area contributed by atoms with Crippen LogP contribution < -0.4 is 0 Å². The van der Waals surface area contributed by atoms with Gasteiger partial charge in [-0.2, -0.15) is 0 Å². The molecule has 88 valence electrons. The lowest BCUT2D eigenvalue weighted by molar-refractivity contribution is 0.0774. The molecule has 1 amide bonds. The number of halogens is 2. The summed E-state index contributed by atoms with van der Waals surface area (Å²) in [5.41, 5.74) is 0.117. The van der Waals surface area contributed by atoms with Gasteiger partial charge in [0.1, 0.15) is 5.82 Å². The highest BCUT2D eigenvalue weighted by Crippen LogP contribution is 2.16. The molecule has 0 aromatic heterocycles. The molecule has 0 spiro atoms. The van der Waals surface area contributed by atoms with Crippen LogP contribution in [0.5, 0.6) is 0 Å². The van der Waals surface area contributed by atoms with Gasteiger partial charge in [-0.1, -0.05) is 29.8 Å². The number of nitrogens with zero attached hydrogens (tertiary/aromatic N) is 1. The highest BCUT2D eigenvalue weighted by molar-refractivity contribution is 9.10. The van der Waals surface area contributed by atoms with E-state index >= 15 is 0 Å². The van der Waals surface area contributed by atoms with Crippen LogP contribution in [-0.2, 0) is 0 Å². The van der Waals surface area contributed by atoms with E-state index in [4.69, 9.17) is 0 Å². The van der Waals surface area contributed by atoms with Gasteiger partial charge < -0.3 is 4.90 Å². The Hall–Kier alpha value is -0.900. The summed E-state index contributed by atoms with van der Waals surface area (Å²) in [6.07, 6.45) is 0. The van der Waals surface area contributed by atoms with Gasteiger partial charge in [-0.25, -0.2) is 4.39 Å². The number of carbonyl (C=O) groups is 1. The summed E-state index contributed by atoms with van der Waals surface area (Å²) in [7, 11) is 1.68. The smallest absolute Gasteiger partial charge is 0.256 e. The lowest BCUT2D eigenvalue weighted by atomic mass is 10.1. The average molecular weight is 288 g/mol. The molecule has 1 aromatic carbocycles. The normalized spacial score (nSPS) is 10.6. The van der Waals surface area contributed by atoms with E-state index in [1.165, 1.54) is 17.0 Å². The number of rotatable bonds is 3. The second kappa shape index (κ2) is 5.43. The molecular weight excluding hydrogens is 273 g/mol. The fourth-order valence-corrected chi connectivity index (χ4v) is 1.83. The van der Waals surface area contributed by atoms with Gasteiger partial charge >= 0.3 is 0 Å². The summed E-state index contributed by atoms with van der Waals surface area (Å²) in [5.74, 6) is -0.402. The van der Waals surface area contributed by atoms with E-state index in [1.807, 2.05) is 13.8 Å². The quantitative estimate of drug-likeness (QED) is 0.835. The Balaban J connectivity index is 2.88. The minimum Gasteiger partial charge on any atom is -0.341 e. The van der Waals surface area contributed by atoms with E-state index in [-0.39, 0.29) is 11.5 Å². The van der Waals surface area contributed by atoms with Gasteiger partial charge in [-0.3, -0.25) is 4.79 Å². The van der Waals surface area contributed by atoms with Crippen LogP contribution in [0, 0.1) is 11.7 Å². The molecule has 0 bridgehead atoms. The Morgan fingerprint density at radius 1 is 1.50 bits per heavy atom. The SMILES string of the molecule is CC(C)CN(C)C(=O)c1ccc(Br)cc1F. The predicted octanol–water partition coefficient (Wildman–Crippen LogP) is 3.32. The molecule has 0 radical (unpaired) electrons. The first-order chi connectivity index (χ1) is 7.41. The molecular formula is C12H15BrFNO. The van der Waals surface area contributed by atoms with Crippen molar-refractivity contribution in [1.82, 2.24) is 4.90 Å². The summed E-state index contributed by atoms with van der Waals surface area (Å²) < 4.78 is 14.2. The van der Waals surface area contributed by atoms with Gasteiger partial charge in [0.15, 0.2) is 0 Å². The van der Waals surface area contributed by atoms with Gasteiger partial charge in [0.05, 0.1) is 5.56 Å². The van der Waals surface area contributed by atoms with Crippen molar-refractivity contribution >= 4 is 21.8 Å². The highest BCUT2D eigenvalue weighted by atomic mass is 79.9. The Kier molecular flexibility index (Phi) is 4.47. The molecule has 0 fully saturated rings. The third-order valence-electron chi connectivity index (χ3n) is 2.15.